The molecule has 1 aromatic heterocycles. The zero-order valence-corrected chi connectivity index (χ0v) is 17.8. The Bertz CT molecular complexity index is 1170. The predicted molar refractivity (Wildman–Crippen MR) is 118 cm³/mol. The third-order valence-electron chi connectivity index (χ3n) is 4.51. The molecule has 0 saturated heterocycles. The Kier molecular flexibility index (Phi) is 6.70. The Morgan fingerprint density at radius 2 is 1.93 bits per heavy atom. The van der Waals surface area contributed by atoms with Crippen LogP contribution < -0.4 is 5.32 Å². The summed E-state index contributed by atoms with van der Waals surface area (Å²) >= 11 is 1.21. The number of amides is 1. The molecular weight excluding hydrogens is 398 g/mol. The minimum Gasteiger partial charge on any atom is -0.462 e. The van der Waals surface area contributed by atoms with Crippen LogP contribution in [-0.2, 0) is 9.53 Å². The van der Waals surface area contributed by atoms with Crippen molar-refractivity contribution in [2.45, 2.75) is 25.8 Å². The van der Waals surface area contributed by atoms with E-state index in [1.807, 2.05) is 26.0 Å². The Hall–Kier alpha value is -3.37. The maximum atomic E-state index is 12.4. The van der Waals surface area contributed by atoms with Gasteiger partial charge in [0.25, 0.3) is 0 Å². The molecule has 152 valence electrons. The van der Waals surface area contributed by atoms with Crippen molar-refractivity contribution < 1.29 is 14.3 Å². The maximum absolute atomic E-state index is 12.4. The van der Waals surface area contributed by atoms with Crippen LogP contribution in [-0.4, -0.2) is 29.2 Å². The van der Waals surface area contributed by atoms with Crippen LogP contribution >= 0.6 is 11.8 Å². The number of ether oxygens (including phenoxy) is 1. The fraction of sp³-hybridized carbons (Fsp3) is 0.217. The van der Waals surface area contributed by atoms with Crippen LogP contribution in [0.3, 0.4) is 0 Å². The van der Waals surface area contributed by atoms with Gasteiger partial charge < -0.3 is 10.1 Å². The van der Waals surface area contributed by atoms with Gasteiger partial charge >= 0.3 is 5.97 Å². The van der Waals surface area contributed by atoms with Crippen molar-refractivity contribution in [3.63, 3.8) is 0 Å². The number of rotatable bonds is 6. The van der Waals surface area contributed by atoms with Gasteiger partial charge in [-0.1, -0.05) is 17.8 Å². The minimum absolute atomic E-state index is 0.0850. The van der Waals surface area contributed by atoms with Crippen LogP contribution in [0.15, 0.2) is 47.5 Å². The van der Waals surface area contributed by atoms with E-state index in [1.54, 1.807) is 37.3 Å². The molecule has 30 heavy (non-hydrogen) atoms. The number of carbonyl (C=O) groups is 2. The molecule has 1 heterocycles. The van der Waals surface area contributed by atoms with Crippen molar-refractivity contribution in [1.82, 2.24) is 4.98 Å². The molecule has 2 aromatic carbocycles. The monoisotopic (exact) mass is 419 g/mol. The van der Waals surface area contributed by atoms with E-state index < -0.39 is 5.97 Å². The number of nitriles is 1. The molecule has 0 spiro atoms. The van der Waals surface area contributed by atoms with Crippen LogP contribution in [0.4, 0.5) is 5.69 Å². The normalized spacial score (nSPS) is 10.5. The number of esters is 1. The van der Waals surface area contributed by atoms with E-state index in [2.05, 4.69) is 16.4 Å². The zero-order valence-electron chi connectivity index (χ0n) is 17.0. The van der Waals surface area contributed by atoms with Crippen LogP contribution in [0.5, 0.6) is 0 Å². The first kappa shape index (κ1) is 21.3. The summed E-state index contributed by atoms with van der Waals surface area (Å²) in [5.74, 6) is -0.610. The Balaban J connectivity index is 1.72. The smallest absolute Gasteiger partial charge is 0.338 e. The number of nitrogens with zero attached hydrogens (tertiary/aromatic N) is 2. The van der Waals surface area contributed by atoms with E-state index in [-0.39, 0.29) is 18.3 Å². The number of hydrogen-bond donors (Lipinski definition) is 1. The van der Waals surface area contributed by atoms with Gasteiger partial charge in [0, 0.05) is 11.1 Å². The molecule has 0 aliphatic rings. The van der Waals surface area contributed by atoms with Crippen LogP contribution in [0.25, 0.3) is 10.9 Å². The molecule has 1 amide bonds. The van der Waals surface area contributed by atoms with E-state index in [0.717, 1.165) is 22.0 Å². The SMILES string of the molecule is CCOC(=O)c1cccc(NC(=O)CSc2nc3cc(C)c(C)cc3cc2C#N)c1. The van der Waals surface area contributed by atoms with E-state index in [4.69, 9.17) is 4.74 Å². The number of fused-ring (bicyclic) bond motifs is 1. The van der Waals surface area contributed by atoms with Crippen molar-refractivity contribution in [3.05, 3.63) is 64.7 Å². The number of aryl methyl sites for hydroxylation is 2. The van der Waals surface area contributed by atoms with Gasteiger partial charge in [0.15, 0.2) is 0 Å². The number of carbonyl (C=O) groups excluding carboxylic acids is 2. The van der Waals surface area contributed by atoms with E-state index in [9.17, 15) is 14.9 Å². The summed E-state index contributed by atoms with van der Waals surface area (Å²) in [4.78, 5) is 28.8. The summed E-state index contributed by atoms with van der Waals surface area (Å²) in [5.41, 5.74) is 4.36. The van der Waals surface area contributed by atoms with Crippen molar-refractivity contribution in [1.29, 1.82) is 5.26 Å². The van der Waals surface area contributed by atoms with Crippen LogP contribution in [0.1, 0.15) is 34.0 Å². The summed E-state index contributed by atoms with van der Waals surface area (Å²) < 4.78 is 4.97. The molecule has 1 N–H and O–H groups in total. The lowest BCUT2D eigenvalue weighted by molar-refractivity contribution is -0.113. The van der Waals surface area contributed by atoms with Gasteiger partial charge in [0.1, 0.15) is 11.1 Å². The molecule has 0 unspecified atom stereocenters. The maximum Gasteiger partial charge on any atom is 0.338 e. The lowest BCUT2D eigenvalue weighted by atomic mass is 10.1. The van der Waals surface area contributed by atoms with Crippen LogP contribution in [0.2, 0.25) is 0 Å². The number of benzene rings is 2. The molecule has 0 saturated carbocycles. The highest BCUT2D eigenvalue weighted by Gasteiger charge is 2.12. The number of hydrogen-bond acceptors (Lipinski definition) is 6. The second-order valence-electron chi connectivity index (χ2n) is 6.72. The summed E-state index contributed by atoms with van der Waals surface area (Å²) in [6, 6.07) is 14.5. The summed E-state index contributed by atoms with van der Waals surface area (Å²) in [6.45, 7) is 6.05. The second kappa shape index (κ2) is 9.42. The third kappa shape index (κ3) is 4.97. The third-order valence-corrected chi connectivity index (χ3v) is 5.50. The van der Waals surface area contributed by atoms with Gasteiger partial charge in [-0.15, -0.1) is 0 Å². The highest BCUT2D eigenvalue weighted by molar-refractivity contribution is 8.00. The van der Waals surface area contributed by atoms with Gasteiger partial charge in [-0.2, -0.15) is 5.26 Å². The average molecular weight is 420 g/mol. The molecule has 0 aliphatic carbocycles. The topological polar surface area (TPSA) is 92.1 Å². The van der Waals surface area contributed by atoms with Crippen molar-refractivity contribution >= 4 is 40.2 Å². The Labute approximate surface area is 179 Å². The van der Waals surface area contributed by atoms with Crippen molar-refractivity contribution in [2.75, 3.05) is 17.7 Å². The van der Waals surface area contributed by atoms with Gasteiger partial charge in [-0.3, -0.25) is 4.79 Å². The number of nitrogens with one attached hydrogen (secondary N) is 1. The largest absolute Gasteiger partial charge is 0.462 e. The molecule has 0 fully saturated rings. The van der Waals surface area contributed by atoms with Crippen molar-refractivity contribution in [2.24, 2.45) is 0 Å². The van der Waals surface area contributed by atoms with Crippen LogP contribution in [0, 0.1) is 25.2 Å². The quantitative estimate of drug-likeness (QED) is 0.463. The standard InChI is InChI=1S/C23H21N3O3S/c1-4-29-23(28)16-6-5-7-19(11-16)25-21(27)13-30-22-18(12-24)10-17-8-14(2)15(3)9-20(17)26-22/h5-11H,4,13H2,1-3H3,(H,25,27). The van der Waals surface area contributed by atoms with Gasteiger partial charge in [-0.25, -0.2) is 9.78 Å². The van der Waals surface area contributed by atoms with E-state index >= 15 is 0 Å². The lowest BCUT2D eigenvalue weighted by Gasteiger charge is -2.09. The molecule has 0 radical (unpaired) electrons. The van der Waals surface area contributed by atoms with E-state index in [1.165, 1.54) is 11.8 Å². The Morgan fingerprint density at radius 1 is 1.17 bits per heavy atom. The summed E-state index contributed by atoms with van der Waals surface area (Å²) in [7, 11) is 0. The lowest BCUT2D eigenvalue weighted by Crippen LogP contribution is -2.15. The molecule has 0 atom stereocenters. The minimum atomic E-state index is -0.437. The fourth-order valence-electron chi connectivity index (χ4n) is 2.88. The Morgan fingerprint density at radius 3 is 2.67 bits per heavy atom. The first-order chi connectivity index (χ1) is 14.4. The number of thioether (sulfide) groups is 1. The highest BCUT2D eigenvalue weighted by Crippen LogP contribution is 2.26. The molecule has 0 bridgehead atoms. The van der Waals surface area contributed by atoms with Gasteiger partial charge in [-0.05, 0) is 68.3 Å². The van der Waals surface area contributed by atoms with Crippen molar-refractivity contribution in [3.8, 4) is 6.07 Å². The van der Waals surface area contributed by atoms with Gasteiger partial charge in [0.05, 0.1) is 29.0 Å². The first-order valence-electron chi connectivity index (χ1n) is 9.43. The molecule has 6 nitrogen and oxygen atoms in total. The molecule has 3 rings (SSSR count). The number of pyridine rings is 1. The molecule has 0 aliphatic heterocycles. The molecule has 3 aromatic rings. The number of anilines is 1. The highest BCUT2D eigenvalue weighted by atomic mass is 32.2. The van der Waals surface area contributed by atoms with E-state index in [0.29, 0.717) is 21.8 Å². The average Bonchev–Trinajstić information content (AvgIpc) is 2.73. The number of aromatic nitrogens is 1. The molecule has 7 heteroatoms. The molecular formula is C23H21N3O3S. The predicted octanol–water partition coefficient (Wildman–Crippen LogP) is 4.63. The fourth-order valence-corrected chi connectivity index (χ4v) is 3.64. The van der Waals surface area contributed by atoms with Gasteiger partial charge in [0.2, 0.25) is 5.91 Å². The summed E-state index contributed by atoms with van der Waals surface area (Å²) in [5, 5.41) is 13.7. The zero-order chi connectivity index (χ0) is 21.7. The second-order valence-corrected chi connectivity index (χ2v) is 7.68. The summed E-state index contributed by atoms with van der Waals surface area (Å²) in [6.07, 6.45) is 0. The first-order valence-corrected chi connectivity index (χ1v) is 10.4.